The zero-order valence-corrected chi connectivity index (χ0v) is 11.5. The standard InChI is InChI=1S/C15H22FNO2/c1-10(2)17-13-7-4-8-14(15(13)18)19-12-6-3-5-11(16)9-12/h3,5-6,9-10,13-15,17-18H,4,7-8H2,1-2H3/t13-,14+,15+/m0/s1. The maximum Gasteiger partial charge on any atom is 0.126 e. The van der Waals surface area contributed by atoms with Crippen LogP contribution in [0, 0.1) is 5.82 Å². The molecule has 0 unspecified atom stereocenters. The highest BCUT2D eigenvalue weighted by Gasteiger charge is 2.33. The molecular formula is C15H22FNO2. The molecule has 4 heteroatoms. The lowest BCUT2D eigenvalue weighted by Crippen LogP contribution is -2.52. The molecule has 0 amide bonds. The first-order chi connectivity index (χ1) is 9.06. The highest BCUT2D eigenvalue weighted by atomic mass is 19.1. The summed E-state index contributed by atoms with van der Waals surface area (Å²) in [5, 5.41) is 13.7. The summed E-state index contributed by atoms with van der Waals surface area (Å²) in [6.45, 7) is 4.12. The predicted octanol–water partition coefficient (Wildman–Crippen LogP) is 2.48. The van der Waals surface area contributed by atoms with Crippen LogP contribution >= 0.6 is 0 Å². The van der Waals surface area contributed by atoms with Gasteiger partial charge in [-0.05, 0) is 31.4 Å². The monoisotopic (exact) mass is 267 g/mol. The molecule has 1 aromatic rings. The quantitative estimate of drug-likeness (QED) is 0.880. The van der Waals surface area contributed by atoms with Gasteiger partial charge in [0.15, 0.2) is 0 Å². The molecule has 19 heavy (non-hydrogen) atoms. The Balaban J connectivity index is 1.99. The molecule has 0 spiro atoms. The SMILES string of the molecule is CC(C)N[C@H]1CCC[C@@H](Oc2cccc(F)c2)[C@@H]1O. The van der Waals surface area contributed by atoms with Gasteiger partial charge in [-0.25, -0.2) is 4.39 Å². The van der Waals surface area contributed by atoms with E-state index >= 15 is 0 Å². The Hall–Kier alpha value is -1.13. The van der Waals surface area contributed by atoms with Crippen LogP contribution in [-0.2, 0) is 0 Å². The second-order valence-corrected chi connectivity index (χ2v) is 5.46. The van der Waals surface area contributed by atoms with Gasteiger partial charge in [-0.1, -0.05) is 19.9 Å². The number of rotatable bonds is 4. The van der Waals surface area contributed by atoms with Crippen LogP contribution in [0.25, 0.3) is 0 Å². The number of aliphatic hydroxyl groups is 1. The van der Waals surface area contributed by atoms with E-state index in [-0.39, 0.29) is 18.0 Å². The first-order valence-electron chi connectivity index (χ1n) is 6.92. The minimum absolute atomic E-state index is 0.0484. The molecule has 1 aliphatic rings. The van der Waals surface area contributed by atoms with Gasteiger partial charge in [-0.15, -0.1) is 0 Å². The number of aliphatic hydroxyl groups excluding tert-OH is 1. The molecule has 3 atom stereocenters. The van der Waals surface area contributed by atoms with Crippen molar-refractivity contribution in [1.82, 2.24) is 5.32 Å². The first-order valence-corrected chi connectivity index (χ1v) is 6.92. The van der Waals surface area contributed by atoms with Crippen molar-refractivity contribution in [3.05, 3.63) is 30.1 Å². The fourth-order valence-electron chi connectivity index (χ4n) is 2.59. The maximum absolute atomic E-state index is 13.1. The van der Waals surface area contributed by atoms with Gasteiger partial charge >= 0.3 is 0 Å². The van der Waals surface area contributed by atoms with Crippen LogP contribution in [-0.4, -0.2) is 29.4 Å². The van der Waals surface area contributed by atoms with Gasteiger partial charge in [-0.3, -0.25) is 0 Å². The molecule has 0 aliphatic heterocycles. The zero-order valence-electron chi connectivity index (χ0n) is 11.5. The van der Waals surface area contributed by atoms with Gasteiger partial charge in [-0.2, -0.15) is 0 Å². The Morgan fingerprint density at radius 3 is 2.84 bits per heavy atom. The van der Waals surface area contributed by atoms with Crippen LogP contribution in [0.2, 0.25) is 0 Å². The summed E-state index contributed by atoms with van der Waals surface area (Å²) < 4.78 is 18.8. The second kappa shape index (κ2) is 6.35. The molecule has 2 N–H and O–H groups in total. The number of halogens is 1. The summed E-state index contributed by atoms with van der Waals surface area (Å²) in [5.41, 5.74) is 0. The lowest BCUT2D eigenvalue weighted by atomic mass is 9.89. The lowest BCUT2D eigenvalue weighted by Gasteiger charge is -2.36. The molecule has 1 saturated carbocycles. The molecule has 0 saturated heterocycles. The van der Waals surface area contributed by atoms with Crippen LogP contribution in [0.3, 0.4) is 0 Å². The van der Waals surface area contributed by atoms with Crippen molar-refractivity contribution in [2.75, 3.05) is 0 Å². The Morgan fingerprint density at radius 2 is 2.16 bits per heavy atom. The minimum atomic E-state index is -0.556. The lowest BCUT2D eigenvalue weighted by molar-refractivity contribution is -0.0172. The van der Waals surface area contributed by atoms with Crippen molar-refractivity contribution in [2.45, 2.75) is 57.4 Å². The number of nitrogens with one attached hydrogen (secondary N) is 1. The average Bonchev–Trinajstić information content (AvgIpc) is 2.34. The van der Waals surface area contributed by atoms with Gasteiger partial charge in [0.2, 0.25) is 0 Å². The molecule has 0 heterocycles. The molecule has 0 radical (unpaired) electrons. The van der Waals surface area contributed by atoms with Gasteiger partial charge < -0.3 is 15.2 Å². The van der Waals surface area contributed by atoms with E-state index in [0.29, 0.717) is 11.8 Å². The molecule has 1 aliphatic carbocycles. The van der Waals surface area contributed by atoms with Crippen molar-refractivity contribution in [1.29, 1.82) is 0 Å². The molecule has 1 aromatic carbocycles. The van der Waals surface area contributed by atoms with E-state index in [1.165, 1.54) is 12.1 Å². The van der Waals surface area contributed by atoms with Crippen molar-refractivity contribution < 1.29 is 14.2 Å². The first kappa shape index (κ1) is 14.3. The normalized spacial score (nSPS) is 27.5. The fourth-order valence-corrected chi connectivity index (χ4v) is 2.59. The van der Waals surface area contributed by atoms with E-state index in [4.69, 9.17) is 4.74 Å². The van der Waals surface area contributed by atoms with E-state index in [1.807, 2.05) is 0 Å². The van der Waals surface area contributed by atoms with E-state index in [9.17, 15) is 9.50 Å². The molecule has 106 valence electrons. The smallest absolute Gasteiger partial charge is 0.126 e. The molecule has 1 fully saturated rings. The third-order valence-corrected chi connectivity index (χ3v) is 3.43. The number of ether oxygens (including phenoxy) is 1. The molecule has 3 nitrogen and oxygen atoms in total. The maximum atomic E-state index is 13.1. The van der Waals surface area contributed by atoms with E-state index < -0.39 is 6.10 Å². The predicted molar refractivity (Wildman–Crippen MR) is 72.7 cm³/mol. The molecule has 0 bridgehead atoms. The van der Waals surface area contributed by atoms with Gasteiger partial charge in [0.25, 0.3) is 0 Å². The van der Waals surface area contributed by atoms with E-state index in [0.717, 1.165) is 19.3 Å². The van der Waals surface area contributed by atoms with E-state index in [2.05, 4.69) is 19.2 Å². The molecule has 0 aromatic heterocycles. The van der Waals surface area contributed by atoms with Crippen LogP contribution < -0.4 is 10.1 Å². The number of hydrogen-bond acceptors (Lipinski definition) is 3. The van der Waals surface area contributed by atoms with Gasteiger partial charge in [0, 0.05) is 18.2 Å². The number of benzene rings is 1. The van der Waals surface area contributed by atoms with Crippen molar-refractivity contribution in [3.63, 3.8) is 0 Å². The largest absolute Gasteiger partial charge is 0.488 e. The molecule has 2 rings (SSSR count). The highest BCUT2D eigenvalue weighted by Crippen LogP contribution is 2.25. The summed E-state index contributed by atoms with van der Waals surface area (Å²) in [4.78, 5) is 0. The molecular weight excluding hydrogens is 245 g/mol. The fraction of sp³-hybridized carbons (Fsp3) is 0.600. The Kier molecular flexibility index (Phi) is 4.77. The summed E-state index contributed by atoms with van der Waals surface area (Å²) in [7, 11) is 0. The zero-order chi connectivity index (χ0) is 13.8. The van der Waals surface area contributed by atoms with Crippen molar-refractivity contribution >= 4 is 0 Å². The van der Waals surface area contributed by atoms with E-state index in [1.54, 1.807) is 12.1 Å². The van der Waals surface area contributed by atoms with Crippen molar-refractivity contribution in [3.8, 4) is 5.75 Å². The summed E-state index contributed by atoms with van der Waals surface area (Å²) >= 11 is 0. The third-order valence-electron chi connectivity index (χ3n) is 3.43. The van der Waals surface area contributed by atoms with Crippen molar-refractivity contribution in [2.24, 2.45) is 0 Å². The van der Waals surface area contributed by atoms with Gasteiger partial charge in [0.1, 0.15) is 23.8 Å². The van der Waals surface area contributed by atoms with Crippen LogP contribution in [0.5, 0.6) is 5.75 Å². The topological polar surface area (TPSA) is 41.5 Å². The van der Waals surface area contributed by atoms with Crippen LogP contribution in [0.4, 0.5) is 4.39 Å². The van der Waals surface area contributed by atoms with Crippen LogP contribution in [0.15, 0.2) is 24.3 Å². The highest BCUT2D eigenvalue weighted by molar-refractivity contribution is 5.23. The summed E-state index contributed by atoms with van der Waals surface area (Å²) in [6.07, 6.45) is 1.92. The summed E-state index contributed by atoms with van der Waals surface area (Å²) in [6, 6.07) is 6.44. The van der Waals surface area contributed by atoms with Gasteiger partial charge in [0.05, 0.1) is 0 Å². The minimum Gasteiger partial charge on any atom is -0.488 e. The number of hydrogen-bond donors (Lipinski definition) is 2. The third kappa shape index (κ3) is 3.91. The average molecular weight is 267 g/mol. The Labute approximate surface area is 113 Å². The van der Waals surface area contributed by atoms with Crippen LogP contribution in [0.1, 0.15) is 33.1 Å². The Bertz CT molecular complexity index is 411. The Morgan fingerprint density at radius 1 is 1.37 bits per heavy atom. The summed E-state index contributed by atoms with van der Waals surface area (Å²) in [5.74, 6) is 0.161. The second-order valence-electron chi connectivity index (χ2n) is 5.46.